The maximum Gasteiger partial charge on any atom is 0.262 e. The highest BCUT2D eigenvalue weighted by molar-refractivity contribution is 6.01. The number of carbonyl (C=O) groups excluding carboxylic acids is 2. The molecule has 1 rings (SSSR count). The summed E-state index contributed by atoms with van der Waals surface area (Å²) < 4.78 is 0. The van der Waals surface area contributed by atoms with Crippen LogP contribution >= 0.6 is 0 Å². The molecule has 0 radical (unpaired) electrons. The Morgan fingerprint density at radius 2 is 1.89 bits per heavy atom. The van der Waals surface area contributed by atoms with E-state index in [0.29, 0.717) is 5.56 Å². The van der Waals surface area contributed by atoms with Crippen LogP contribution in [0.3, 0.4) is 0 Å². The van der Waals surface area contributed by atoms with Gasteiger partial charge in [0.15, 0.2) is 0 Å². The van der Waals surface area contributed by atoms with E-state index in [-0.39, 0.29) is 17.2 Å². The number of hydrogen-bond donors (Lipinski definition) is 1. The molecule has 1 amide bonds. The molecule has 5 nitrogen and oxygen atoms in total. The first-order valence-corrected chi connectivity index (χ1v) is 5.68. The van der Waals surface area contributed by atoms with Gasteiger partial charge in [0, 0.05) is 6.04 Å². The topological polar surface area (TPSA) is 93.0 Å². The number of nitrogens with zero attached hydrogens (tertiary/aromatic N) is 1. The van der Waals surface area contributed by atoms with Crippen LogP contribution < -0.4 is 10.4 Å². The van der Waals surface area contributed by atoms with Gasteiger partial charge in [0.05, 0.1) is 5.97 Å². The van der Waals surface area contributed by atoms with Crippen LogP contribution in [-0.2, 0) is 4.79 Å². The third-order valence-corrected chi connectivity index (χ3v) is 2.24. The van der Waals surface area contributed by atoms with E-state index in [1.807, 2.05) is 6.07 Å². The molecule has 1 aromatic carbocycles. The second kappa shape index (κ2) is 6.36. The third kappa shape index (κ3) is 4.28. The average Bonchev–Trinajstić information content (AvgIpc) is 2.35. The molecule has 0 unspecified atom stereocenters. The SMILES string of the molecule is CC(C)NC(=O)/C(C#N)=C\c1ccc(C(=O)[O-])cc1. The molecule has 1 N–H and O–H groups in total. The van der Waals surface area contributed by atoms with Crippen molar-refractivity contribution in [1.29, 1.82) is 5.26 Å². The quantitative estimate of drug-likeness (QED) is 0.627. The van der Waals surface area contributed by atoms with Crippen molar-refractivity contribution in [2.75, 3.05) is 0 Å². The Bertz CT molecular complexity index is 551. The Balaban J connectivity index is 2.95. The molecule has 0 fully saturated rings. The summed E-state index contributed by atoms with van der Waals surface area (Å²) in [6, 6.07) is 7.47. The first-order valence-electron chi connectivity index (χ1n) is 5.68. The summed E-state index contributed by atoms with van der Waals surface area (Å²) in [5.74, 6) is -1.73. The van der Waals surface area contributed by atoms with Gasteiger partial charge in [-0.1, -0.05) is 24.3 Å². The second-order valence-corrected chi connectivity index (χ2v) is 4.21. The van der Waals surface area contributed by atoms with Gasteiger partial charge in [0.2, 0.25) is 0 Å². The molecule has 98 valence electrons. The van der Waals surface area contributed by atoms with Gasteiger partial charge in [-0.2, -0.15) is 5.26 Å². The minimum absolute atomic E-state index is 0.0325. The van der Waals surface area contributed by atoms with E-state index in [9.17, 15) is 14.7 Å². The average molecular weight is 257 g/mol. The van der Waals surface area contributed by atoms with Crippen molar-refractivity contribution in [2.45, 2.75) is 19.9 Å². The predicted molar refractivity (Wildman–Crippen MR) is 67.6 cm³/mol. The molecule has 0 saturated heterocycles. The third-order valence-electron chi connectivity index (χ3n) is 2.24. The van der Waals surface area contributed by atoms with Crippen LogP contribution in [0.25, 0.3) is 6.08 Å². The van der Waals surface area contributed by atoms with E-state index < -0.39 is 11.9 Å². The van der Waals surface area contributed by atoms with Gasteiger partial charge in [-0.05, 0) is 31.1 Å². The molecular formula is C14H13N2O3-. The van der Waals surface area contributed by atoms with Crippen molar-refractivity contribution in [3.05, 3.63) is 41.0 Å². The highest BCUT2D eigenvalue weighted by Gasteiger charge is 2.09. The van der Waals surface area contributed by atoms with Crippen LogP contribution in [0.1, 0.15) is 29.8 Å². The number of carboxylic acid groups (broad SMARTS) is 1. The Morgan fingerprint density at radius 3 is 2.32 bits per heavy atom. The summed E-state index contributed by atoms with van der Waals surface area (Å²) in [6.07, 6.45) is 1.40. The van der Waals surface area contributed by atoms with Crippen LogP contribution in [0.15, 0.2) is 29.8 Å². The Hall–Kier alpha value is -2.61. The lowest BCUT2D eigenvalue weighted by Gasteiger charge is -2.07. The number of benzene rings is 1. The van der Waals surface area contributed by atoms with Gasteiger partial charge in [-0.15, -0.1) is 0 Å². The number of amides is 1. The largest absolute Gasteiger partial charge is 0.545 e. The van der Waals surface area contributed by atoms with E-state index in [4.69, 9.17) is 5.26 Å². The van der Waals surface area contributed by atoms with Gasteiger partial charge >= 0.3 is 0 Å². The molecule has 0 aliphatic carbocycles. The summed E-state index contributed by atoms with van der Waals surface area (Å²) in [4.78, 5) is 22.2. The first kappa shape index (κ1) is 14.5. The van der Waals surface area contributed by atoms with E-state index >= 15 is 0 Å². The van der Waals surface area contributed by atoms with E-state index in [1.54, 1.807) is 13.8 Å². The van der Waals surface area contributed by atoms with Crippen molar-refractivity contribution in [2.24, 2.45) is 0 Å². The zero-order valence-corrected chi connectivity index (χ0v) is 10.6. The monoisotopic (exact) mass is 257 g/mol. The van der Waals surface area contributed by atoms with Crippen molar-refractivity contribution in [3.63, 3.8) is 0 Å². The summed E-state index contributed by atoms with van der Waals surface area (Å²) in [7, 11) is 0. The number of hydrogen-bond acceptors (Lipinski definition) is 4. The minimum atomic E-state index is -1.27. The second-order valence-electron chi connectivity index (χ2n) is 4.21. The fourth-order valence-electron chi connectivity index (χ4n) is 1.37. The highest BCUT2D eigenvalue weighted by atomic mass is 16.4. The molecule has 0 aliphatic heterocycles. The molecule has 0 heterocycles. The predicted octanol–water partition coefficient (Wildman–Crippen LogP) is 0.482. The van der Waals surface area contributed by atoms with Gasteiger partial charge in [-0.25, -0.2) is 0 Å². The van der Waals surface area contributed by atoms with Crippen molar-refractivity contribution in [1.82, 2.24) is 5.32 Å². The van der Waals surface area contributed by atoms with E-state index in [1.165, 1.54) is 30.3 Å². The van der Waals surface area contributed by atoms with Crippen LogP contribution in [0.4, 0.5) is 0 Å². The molecule has 1 aromatic rings. The van der Waals surface area contributed by atoms with Gasteiger partial charge in [0.1, 0.15) is 11.6 Å². The zero-order chi connectivity index (χ0) is 14.4. The molecule has 0 aliphatic rings. The van der Waals surface area contributed by atoms with Crippen molar-refractivity contribution >= 4 is 18.0 Å². The lowest BCUT2D eigenvalue weighted by Crippen LogP contribution is -2.30. The normalized spacial score (nSPS) is 10.9. The van der Waals surface area contributed by atoms with Crippen molar-refractivity contribution < 1.29 is 14.7 Å². The van der Waals surface area contributed by atoms with E-state index in [2.05, 4.69) is 5.32 Å². The lowest BCUT2D eigenvalue weighted by molar-refractivity contribution is -0.255. The molecular weight excluding hydrogens is 244 g/mol. The lowest BCUT2D eigenvalue weighted by atomic mass is 10.1. The molecule has 5 heteroatoms. The number of nitriles is 1. The van der Waals surface area contributed by atoms with Gasteiger partial charge in [-0.3, -0.25) is 4.79 Å². The van der Waals surface area contributed by atoms with Crippen molar-refractivity contribution in [3.8, 4) is 6.07 Å². The Kier molecular flexibility index (Phi) is 4.84. The smallest absolute Gasteiger partial charge is 0.262 e. The number of rotatable bonds is 4. The Labute approximate surface area is 111 Å². The molecule has 0 bridgehead atoms. The Morgan fingerprint density at radius 1 is 1.32 bits per heavy atom. The fraction of sp³-hybridized carbons (Fsp3) is 0.214. The maximum absolute atomic E-state index is 11.7. The summed E-state index contributed by atoms with van der Waals surface area (Å²) in [6.45, 7) is 3.59. The molecule has 0 atom stereocenters. The highest BCUT2D eigenvalue weighted by Crippen LogP contribution is 2.09. The maximum atomic E-state index is 11.7. The first-order chi connectivity index (χ1) is 8.93. The fourth-order valence-corrected chi connectivity index (χ4v) is 1.37. The summed E-state index contributed by atoms with van der Waals surface area (Å²) in [5, 5.41) is 22.1. The number of aromatic carboxylic acids is 1. The minimum Gasteiger partial charge on any atom is -0.545 e. The summed E-state index contributed by atoms with van der Waals surface area (Å²) >= 11 is 0. The molecule has 19 heavy (non-hydrogen) atoms. The standard InChI is InChI=1S/C14H14N2O3/c1-9(2)16-13(17)12(8-15)7-10-3-5-11(6-4-10)14(18)19/h3-7,9H,1-2H3,(H,16,17)(H,18,19)/p-1/b12-7-. The molecule has 0 saturated carbocycles. The number of carboxylic acids is 1. The van der Waals surface area contributed by atoms with Gasteiger partial charge in [0.25, 0.3) is 5.91 Å². The molecule has 0 spiro atoms. The molecule has 0 aromatic heterocycles. The van der Waals surface area contributed by atoms with Crippen LogP contribution in [-0.4, -0.2) is 17.9 Å². The van der Waals surface area contributed by atoms with Crippen LogP contribution in [0.5, 0.6) is 0 Å². The van der Waals surface area contributed by atoms with Gasteiger partial charge < -0.3 is 15.2 Å². The van der Waals surface area contributed by atoms with E-state index in [0.717, 1.165) is 0 Å². The summed E-state index contributed by atoms with van der Waals surface area (Å²) in [5.41, 5.74) is 0.581. The number of carbonyl (C=O) groups is 2. The number of nitrogens with one attached hydrogen (secondary N) is 1. The van der Waals surface area contributed by atoms with Crippen LogP contribution in [0.2, 0.25) is 0 Å². The zero-order valence-electron chi connectivity index (χ0n) is 10.6. The van der Waals surface area contributed by atoms with Crippen LogP contribution in [0, 0.1) is 11.3 Å².